The van der Waals surface area contributed by atoms with Gasteiger partial charge in [0.15, 0.2) is 5.78 Å². The Morgan fingerprint density at radius 3 is 1.72 bits per heavy atom. The highest BCUT2D eigenvalue weighted by molar-refractivity contribution is 5.94. The second-order valence-electron chi connectivity index (χ2n) is 5.57. The van der Waals surface area contributed by atoms with Crippen LogP contribution in [0, 0.1) is 5.41 Å². The average Bonchev–Trinajstić information content (AvgIpc) is 2.25. The normalized spacial score (nSPS) is 16.2. The molecule has 0 fully saturated rings. The molecule has 0 aliphatic rings. The fourth-order valence-corrected chi connectivity index (χ4v) is 1.94. The van der Waals surface area contributed by atoms with E-state index in [0.29, 0.717) is 0 Å². The Morgan fingerprint density at radius 2 is 1.39 bits per heavy atom. The van der Waals surface area contributed by atoms with E-state index < -0.39 is 22.8 Å². The van der Waals surface area contributed by atoms with Crippen molar-refractivity contribution >= 4 is 5.78 Å². The van der Waals surface area contributed by atoms with Crippen LogP contribution in [-0.4, -0.2) is 12.0 Å². The number of carbonyl (C=O) groups excluding carboxylic acids is 1. The summed E-state index contributed by atoms with van der Waals surface area (Å²) in [7, 11) is 0. The van der Waals surface area contributed by atoms with Crippen LogP contribution >= 0.6 is 0 Å². The van der Waals surface area contributed by atoms with Crippen molar-refractivity contribution in [3.8, 4) is 0 Å². The Labute approximate surface area is 105 Å². The third kappa shape index (κ3) is 2.42. The summed E-state index contributed by atoms with van der Waals surface area (Å²) in [5, 5.41) is 0. The van der Waals surface area contributed by atoms with Gasteiger partial charge in [-0.2, -0.15) is 13.2 Å². The molecule has 4 heteroatoms. The number of rotatable bonds is 2. The van der Waals surface area contributed by atoms with E-state index in [9.17, 15) is 18.0 Å². The molecule has 0 aromatic heterocycles. The quantitative estimate of drug-likeness (QED) is 0.779. The molecule has 0 aliphatic heterocycles. The third-order valence-electron chi connectivity index (χ3n) is 3.05. The van der Waals surface area contributed by atoms with Crippen molar-refractivity contribution in [3.63, 3.8) is 0 Å². The molecular formula is C14H17F3O. The molecule has 0 amide bonds. The molecule has 0 radical (unpaired) electrons. The molecule has 0 bridgehead atoms. The number of Topliss-reactive ketones (excluding diaryl/α,β-unsaturated/α-hetero) is 1. The molecule has 0 saturated carbocycles. The summed E-state index contributed by atoms with van der Waals surface area (Å²) in [5.74, 6) is -0.825. The van der Waals surface area contributed by atoms with Gasteiger partial charge < -0.3 is 0 Å². The highest BCUT2D eigenvalue weighted by atomic mass is 19.4. The first kappa shape index (κ1) is 14.7. The van der Waals surface area contributed by atoms with Gasteiger partial charge in [-0.05, 0) is 12.5 Å². The van der Waals surface area contributed by atoms with Gasteiger partial charge in [-0.25, -0.2) is 0 Å². The molecule has 0 N–H and O–H groups in total. The maximum atomic E-state index is 13.3. The Hall–Kier alpha value is -1.32. The summed E-state index contributed by atoms with van der Waals surface area (Å²) >= 11 is 0. The summed E-state index contributed by atoms with van der Waals surface area (Å²) < 4.78 is 40.0. The molecule has 1 aromatic rings. The van der Waals surface area contributed by atoms with Crippen molar-refractivity contribution in [1.82, 2.24) is 0 Å². The zero-order valence-corrected chi connectivity index (χ0v) is 10.9. The van der Waals surface area contributed by atoms with E-state index >= 15 is 0 Å². The van der Waals surface area contributed by atoms with Crippen LogP contribution in [0.5, 0.6) is 0 Å². The molecule has 0 heterocycles. The lowest BCUT2D eigenvalue weighted by Gasteiger charge is -2.36. The van der Waals surface area contributed by atoms with Crippen LogP contribution in [0.15, 0.2) is 30.3 Å². The van der Waals surface area contributed by atoms with Gasteiger partial charge in [0.1, 0.15) is 5.41 Å². The molecule has 18 heavy (non-hydrogen) atoms. The lowest BCUT2D eigenvalue weighted by molar-refractivity contribution is -0.194. The predicted octanol–water partition coefficient (Wildman–Crippen LogP) is 4.12. The lowest BCUT2D eigenvalue weighted by atomic mass is 9.69. The first-order valence-corrected chi connectivity index (χ1v) is 5.68. The topological polar surface area (TPSA) is 17.1 Å². The van der Waals surface area contributed by atoms with Gasteiger partial charge in [-0.15, -0.1) is 0 Å². The van der Waals surface area contributed by atoms with E-state index in [1.165, 1.54) is 45.0 Å². The summed E-state index contributed by atoms with van der Waals surface area (Å²) in [6.07, 6.45) is -4.61. The third-order valence-corrected chi connectivity index (χ3v) is 3.05. The SMILES string of the molecule is CC(C)(C)C(=O)[C@@](C)(c1ccccc1)C(F)(F)F. The fourth-order valence-electron chi connectivity index (χ4n) is 1.94. The Kier molecular flexibility index (Phi) is 3.61. The van der Waals surface area contributed by atoms with Crippen molar-refractivity contribution in [1.29, 1.82) is 0 Å². The van der Waals surface area contributed by atoms with E-state index in [-0.39, 0.29) is 5.56 Å². The largest absolute Gasteiger partial charge is 0.405 e. The Balaban J connectivity index is 3.44. The van der Waals surface area contributed by atoms with Gasteiger partial charge in [-0.3, -0.25) is 4.79 Å². The maximum Gasteiger partial charge on any atom is 0.405 e. The molecule has 0 spiro atoms. The maximum absolute atomic E-state index is 13.3. The van der Waals surface area contributed by atoms with Crippen LogP contribution in [0.3, 0.4) is 0 Å². The van der Waals surface area contributed by atoms with E-state index in [1.807, 2.05) is 0 Å². The van der Waals surface area contributed by atoms with Crippen LogP contribution < -0.4 is 0 Å². The van der Waals surface area contributed by atoms with Crippen LogP contribution in [-0.2, 0) is 10.2 Å². The monoisotopic (exact) mass is 258 g/mol. The average molecular weight is 258 g/mol. The summed E-state index contributed by atoms with van der Waals surface area (Å²) in [6, 6.07) is 7.33. The highest BCUT2D eigenvalue weighted by Crippen LogP contribution is 2.45. The van der Waals surface area contributed by atoms with E-state index in [4.69, 9.17) is 0 Å². The first-order valence-electron chi connectivity index (χ1n) is 5.68. The van der Waals surface area contributed by atoms with E-state index in [2.05, 4.69) is 0 Å². The zero-order chi connectivity index (χ0) is 14.2. The van der Waals surface area contributed by atoms with Crippen molar-refractivity contribution in [2.24, 2.45) is 5.41 Å². The standard InChI is InChI=1S/C14H17F3O/c1-12(2,3)11(18)13(4,14(15,16)17)10-8-6-5-7-9-10/h5-9H,1-4H3/t13-/m1/s1. The minimum atomic E-state index is -4.61. The van der Waals surface area contributed by atoms with Gasteiger partial charge in [0, 0.05) is 5.41 Å². The highest BCUT2D eigenvalue weighted by Gasteiger charge is 2.59. The van der Waals surface area contributed by atoms with Crippen molar-refractivity contribution in [3.05, 3.63) is 35.9 Å². The molecule has 1 rings (SSSR count). The smallest absolute Gasteiger partial charge is 0.298 e. The predicted molar refractivity (Wildman–Crippen MR) is 64.3 cm³/mol. The van der Waals surface area contributed by atoms with Crippen LogP contribution in [0.2, 0.25) is 0 Å². The van der Waals surface area contributed by atoms with E-state index in [1.54, 1.807) is 6.07 Å². The minimum Gasteiger partial charge on any atom is -0.298 e. The molecule has 0 aliphatic carbocycles. The second kappa shape index (κ2) is 4.41. The minimum absolute atomic E-state index is 0.0163. The molecule has 1 atom stereocenters. The summed E-state index contributed by atoms with van der Waals surface area (Å²) in [4.78, 5) is 12.2. The Morgan fingerprint density at radius 1 is 0.944 bits per heavy atom. The van der Waals surface area contributed by atoms with Gasteiger partial charge >= 0.3 is 6.18 Å². The molecule has 100 valence electrons. The Bertz CT molecular complexity index is 429. The van der Waals surface area contributed by atoms with Gasteiger partial charge in [0.2, 0.25) is 0 Å². The van der Waals surface area contributed by atoms with Crippen molar-refractivity contribution in [2.45, 2.75) is 39.3 Å². The number of halogens is 3. The zero-order valence-electron chi connectivity index (χ0n) is 10.9. The van der Waals surface area contributed by atoms with Crippen molar-refractivity contribution in [2.75, 3.05) is 0 Å². The number of benzene rings is 1. The van der Waals surface area contributed by atoms with Gasteiger partial charge in [0.25, 0.3) is 0 Å². The summed E-state index contributed by atoms with van der Waals surface area (Å²) in [6.45, 7) is 5.46. The number of carbonyl (C=O) groups is 1. The molecule has 1 nitrogen and oxygen atoms in total. The lowest BCUT2D eigenvalue weighted by Crippen LogP contribution is -2.51. The van der Waals surface area contributed by atoms with E-state index in [0.717, 1.165) is 6.92 Å². The fraction of sp³-hybridized carbons (Fsp3) is 0.500. The molecular weight excluding hydrogens is 241 g/mol. The second-order valence-corrected chi connectivity index (χ2v) is 5.57. The van der Waals surface area contributed by atoms with Gasteiger partial charge in [0.05, 0.1) is 0 Å². The molecule has 1 aromatic carbocycles. The molecule has 0 unspecified atom stereocenters. The number of hydrogen-bond acceptors (Lipinski definition) is 1. The van der Waals surface area contributed by atoms with Crippen molar-refractivity contribution < 1.29 is 18.0 Å². The molecule has 0 saturated heterocycles. The number of hydrogen-bond donors (Lipinski definition) is 0. The first-order chi connectivity index (χ1) is 8.01. The number of alkyl halides is 3. The van der Waals surface area contributed by atoms with Crippen LogP contribution in [0.4, 0.5) is 13.2 Å². The van der Waals surface area contributed by atoms with Crippen LogP contribution in [0.25, 0.3) is 0 Å². The van der Waals surface area contributed by atoms with Gasteiger partial charge in [-0.1, -0.05) is 51.1 Å². The number of ketones is 1. The van der Waals surface area contributed by atoms with Crippen LogP contribution in [0.1, 0.15) is 33.3 Å². The summed E-state index contributed by atoms with van der Waals surface area (Å²) in [5.41, 5.74) is -3.54.